The molecule has 0 aliphatic carbocycles. The Kier molecular flexibility index (Phi) is 3.99. The number of nitrogens with two attached hydrogens (primary N) is 1. The molecule has 0 saturated heterocycles. The molecule has 2 aromatic rings. The topological polar surface area (TPSA) is 53.1 Å². The maximum Gasteiger partial charge on any atom is 0.118 e. The molecule has 1 aromatic carbocycles. The van der Waals surface area contributed by atoms with Gasteiger partial charge in [0.15, 0.2) is 0 Å². The summed E-state index contributed by atoms with van der Waals surface area (Å²) in [5, 5.41) is 0. The van der Waals surface area contributed by atoms with Crippen LogP contribution in [0.5, 0.6) is 5.75 Å². The smallest absolute Gasteiger partial charge is 0.118 e. The number of benzene rings is 1. The van der Waals surface area contributed by atoms with E-state index in [-0.39, 0.29) is 6.04 Å². The van der Waals surface area contributed by atoms with Crippen LogP contribution in [0.4, 0.5) is 0 Å². The van der Waals surface area contributed by atoms with Crippen molar-refractivity contribution in [2.45, 2.75) is 25.9 Å². The second-order valence-corrected chi connectivity index (χ2v) is 4.40. The Labute approximate surface area is 107 Å². The van der Waals surface area contributed by atoms with Crippen molar-refractivity contribution in [1.82, 2.24) is 9.55 Å². The van der Waals surface area contributed by atoms with Crippen LogP contribution in [0, 0.1) is 0 Å². The predicted molar refractivity (Wildman–Crippen MR) is 71.5 cm³/mol. The Morgan fingerprint density at radius 1 is 1.33 bits per heavy atom. The molecule has 2 N–H and O–H groups in total. The minimum Gasteiger partial charge on any atom is -0.497 e. The first kappa shape index (κ1) is 12.6. The summed E-state index contributed by atoms with van der Waals surface area (Å²) in [6, 6.07) is 8.15. The summed E-state index contributed by atoms with van der Waals surface area (Å²) in [7, 11) is 1.68. The first-order valence-electron chi connectivity index (χ1n) is 6.09. The molecule has 2 rings (SSSR count). The van der Waals surface area contributed by atoms with Crippen LogP contribution >= 0.6 is 0 Å². The molecular formula is C14H19N3O. The van der Waals surface area contributed by atoms with E-state index in [0.717, 1.165) is 24.4 Å². The van der Waals surface area contributed by atoms with Gasteiger partial charge in [-0.05, 0) is 31.0 Å². The number of hydrogen-bond acceptors (Lipinski definition) is 3. The summed E-state index contributed by atoms with van der Waals surface area (Å²) in [6.07, 6.45) is 4.63. The number of aromatic nitrogens is 2. The van der Waals surface area contributed by atoms with Crippen molar-refractivity contribution in [3.8, 4) is 5.75 Å². The normalized spacial score (nSPS) is 12.4. The molecule has 0 unspecified atom stereocenters. The molecule has 1 aromatic heterocycles. The molecular weight excluding hydrogens is 226 g/mol. The van der Waals surface area contributed by atoms with Crippen molar-refractivity contribution in [1.29, 1.82) is 0 Å². The number of nitrogens with zero attached hydrogens (tertiary/aromatic N) is 2. The highest BCUT2D eigenvalue weighted by Gasteiger charge is 2.06. The van der Waals surface area contributed by atoms with E-state index in [9.17, 15) is 0 Å². The average molecular weight is 245 g/mol. The molecule has 0 aliphatic rings. The van der Waals surface area contributed by atoms with Crippen LogP contribution in [-0.2, 0) is 13.0 Å². The second-order valence-electron chi connectivity index (χ2n) is 4.40. The Hall–Kier alpha value is -1.81. The van der Waals surface area contributed by atoms with Gasteiger partial charge in [-0.25, -0.2) is 4.98 Å². The van der Waals surface area contributed by atoms with Gasteiger partial charge in [0.25, 0.3) is 0 Å². The number of aryl methyl sites for hydroxylation is 2. The van der Waals surface area contributed by atoms with Gasteiger partial charge in [0, 0.05) is 18.8 Å². The minimum atomic E-state index is 0.0170. The van der Waals surface area contributed by atoms with Crippen molar-refractivity contribution in [2.75, 3.05) is 7.11 Å². The van der Waals surface area contributed by atoms with Gasteiger partial charge in [0.2, 0.25) is 0 Å². The minimum absolute atomic E-state index is 0.0170. The third kappa shape index (κ3) is 2.90. The van der Waals surface area contributed by atoms with Crippen molar-refractivity contribution >= 4 is 0 Å². The van der Waals surface area contributed by atoms with Gasteiger partial charge >= 0.3 is 0 Å². The summed E-state index contributed by atoms with van der Waals surface area (Å²) >= 11 is 0. The number of ether oxygens (including phenoxy) is 1. The summed E-state index contributed by atoms with van der Waals surface area (Å²) in [6.45, 7) is 2.87. The molecule has 1 heterocycles. The zero-order chi connectivity index (χ0) is 13.0. The predicted octanol–water partition coefficient (Wildman–Crippen LogP) is 2.15. The lowest BCUT2D eigenvalue weighted by Crippen LogP contribution is -2.12. The number of methoxy groups -OCH3 is 1. The highest BCUT2D eigenvalue weighted by molar-refractivity contribution is 5.27. The maximum atomic E-state index is 5.89. The SMILES string of the molecule is COc1ccc(CCn2cncc2[C@H](C)N)cc1. The van der Waals surface area contributed by atoms with Crippen LogP contribution in [0.1, 0.15) is 24.2 Å². The molecule has 0 saturated carbocycles. The molecule has 0 spiro atoms. The molecule has 4 nitrogen and oxygen atoms in total. The van der Waals surface area contributed by atoms with E-state index < -0.39 is 0 Å². The van der Waals surface area contributed by atoms with E-state index in [1.807, 2.05) is 31.6 Å². The highest BCUT2D eigenvalue weighted by Crippen LogP contribution is 2.14. The van der Waals surface area contributed by atoms with Gasteiger partial charge in [0.05, 0.1) is 19.1 Å². The Balaban J connectivity index is 2.00. The highest BCUT2D eigenvalue weighted by atomic mass is 16.5. The van der Waals surface area contributed by atoms with Gasteiger partial charge in [-0.3, -0.25) is 0 Å². The lowest BCUT2D eigenvalue weighted by atomic mass is 10.1. The van der Waals surface area contributed by atoms with E-state index in [1.165, 1.54) is 5.56 Å². The van der Waals surface area contributed by atoms with Crippen LogP contribution in [-0.4, -0.2) is 16.7 Å². The lowest BCUT2D eigenvalue weighted by Gasteiger charge is -2.10. The molecule has 0 fully saturated rings. The maximum absolute atomic E-state index is 5.89. The van der Waals surface area contributed by atoms with E-state index in [1.54, 1.807) is 7.11 Å². The van der Waals surface area contributed by atoms with Crippen LogP contribution < -0.4 is 10.5 Å². The fraction of sp³-hybridized carbons (Fsp3) is 0.357. The van der Waals surface area contributed by atoms with E-state index >= 15 is 0 Å². The first-order chi connectivity index (χ1) is 8.70. The van der Waals surface area contributed by atoms with Gasteiger partial charge in [-0.1, -0.05) is 12.1 Å². The van der Waals surface area contributed by atoms with Gasteiger partial charge < -0.3 is 15.0 Å². The largest absolute Gasteiger partial charge is 0.497 e. The quantitative estimate of drug-likeness (QED) is 0.878. The molecule has 0 amide bonds. The number of rotatable bonds is 5. The van der Waals surface area contributed by atoms with E-state index in [4.69, 9.17) is 10.5 Å². The van der Waals surface area contributed by atoms with Crippen molar-refractivity contribution in [2.24, 2.45) is 5.73 Å². The van der Waals surface area contributed by atoms with Gasteiger partial charge in [-0.15, -0.1) is 0 Å². The second kappa shape index (κ2) is 5.69. The summed E-state index contributed by atoms with van der Waals surface area (Å²) in [5.74, 6) is 0.887. The molecule has 0 aliphatic heterocycles. The molecule has 96 valence electrons. The molecule has 0 bridgehead atoms. The van der Waals surface area contributed by atoms with Crippen LogP contribution in [0.2, 0.25) is 0 Å². The lowest BCUT2D eigenvalue weighted by molar-refractivity contribution is 0.414. The third-order valence-corrected chi connectivity index (χ3v) is 3.01. The first-order valence-corrected chi connectivity index (χ1v) is 6.09. The van der Waals surface area contributed by atoms with Crippen molar-refractivity contribution in [3.63, 3.8) is 0 Å². The van der Waals surface area contributed by atoms with Gasteiger partial charge in [0.1, 0.15) is 5.75 Å². The van der Waals surface area contributed by atoms with Crippen molar-refractivity contribution < 1.29 is 4.74 Å². The van der Waals surface area contributed by atoms with E-state index in [0.29, 0.717) is 0 Å². The zero-order valence-corrected chi connectivity index (χ0v) is 10.8. The fourth-order valence-corrected chi connectivity index (χ4v) is 1.94. The van der Waals surface area contributed by atoms with E-state index in [2.05, 4.69) is 21.7 Å². The fourth-order valence-electron chi connectivity index (χ4n) is 1.94. The average Bonchev–Trinajstić information content (AvgIpc) is 2.85. The van der Waals surface area contributed by atoms with Gasteiger partial charge in [-0.2, -0.15) is 0 Å². The van der Waals surface area contributed by atoms with Crippen LogP contribution in [0.3, 0.4) is 0 Å². The monoisotopic (exact) mass is 245 g/mol. The van der Waals surface area contributed by atoms with Crippen molar-refractivity contribution in [3.05, 3.63) is 48.0 Å². The Morgan fingerprint density at radius 3 is 2.67 bits per heavy atom. The van der Waals surface area contributed by atoms with Crippen LogP contribution in [0.25, 0.3) is 0 Å². The van der Waals surface area contributed by atoms with Crippen LogP contribution in [0.15, 0.2) is 36.8 Å². The zero-order valence-electron chi connectivity index (χ0n) is 10.8. The molecule has 0 radical (unpaired) electrons. The summed E-state index contributed by atoms with van der Waals surface area (Å²) in [4.78, 5) is 4.15. The third-order valence-electron chi connectivity index (χ3n) is 3.01. The number of hydrogen-bond donors (Lipinski definition) is 1. The summed E-state index contributed by atoms with van der Waals surface area (Å²) < 4.78 is 7.24. The number of imidazole rings is 1. The Bertz CT molecular complexity index is 488. The molecule has 1 atom stereocenters. The molecule has 4 heteroatoms. The standard InChI is InChI=1S/C14H19N3O/c1-11(15)14-9-16-10-17(14)8-7-12-3-5-13(18-2)6-4-12/h3-6,9-11H,7-8,15H2,1-2H3/t11-/m0/s1. The summed E-state index contributed by atoms with van der Waals surface area (Å²) in [5.41, 5.74) is 8.24. The Morgan fingerprint density at radius 2 is 2.06 bits per heavy atom. The molecule has 18 heavy (non-hydrogen) atoms.